The third-order valence-corrected chi connectivity index (χ3v) is 1.24. The lowest BCUT2D eigenvalue weighted by atomic mass is 9.81. The van der Waals surface area contributed by atoms with Gasteiger partial charge in [0.1, 0.15) is 0 Å². The molecule has 1 fully saturated rings. The monoisotopic (exact) mass is 119 g/mol. The first-order valence-corrected chi connectivity index (χ1v) is 3.01. The first-order valence-electron chi connectivity index (χ1n) is 3.01. The summed E-state index contributed by atoms with van der Waals surface area (Å²) in [5.74, 6) is 2.58. The third-order valence-electron chi connectivity index (χ3n) is 1.24. The van der Waals surface area contributed by atoms with Crippen molar-refractivity contribution in [2.45, 2.75) is 0 Å². The van der Waals surface area contributed by atoms with Gasteiger partial charge in [-0.05, 0) is 0 Å². The Bertz CT molecular complexity index is 116. The molecule has 0 bridgehead atoms. The van der Waals surface area contributed by atoms with E-state index in [1.165, 1.54) is 0 Å². The Balaban J connectivity index is 2.17. The fourth-order valence-electron chi connectivity index (χ4n) is 0.813. The van der Waals surface area contributed by atoms with Crippen LogP contribution < -0.4 is 10.3 Å². The van der Waals surface area contributed by atoms with E-state index in [1.54, 1.807) is 0 Å². The van der Waals surface area contributed by atoms with Gasteiger partial charge in [0.2, 0.25) is 0 Å². The highest BCUT2D eigenvalue weighted by Gasteiger charge is 2.10. The highest BCUT2D eigenvalue weighted by Crippen LogP contribution is 1.77. The fraction of sp³-hybridized carbons (Fsp3) is 0.333. The Hall–Kier alpha value is -0.365. The largest absolute Gasteiger partial charge is 0.377 e. The summed E-state index contributed by atoms with van der Waals surface area (Å²) >= 11 is 0. The fourth-order valence-corrected chi connectivity index (χ4v) is 0.813. The second kappa shape index (κ2) is 3.62. The molecule has 3 nitrogen and oxygen atoms in total. The second-order valence-electron chi connectivity index (χ2n) is 2.03. The second-order valence-corrected chi connectivity index (χ2v) is 2.03. The molecule has 1 rings (SSSR count). The van der Waals surface area contributed by atoms with Gasteiger partial charge >= 0.3 is 0 Å². The predicted octanol–water partition coefficient (Wildman–Crippen LogP) is -3.09. The van der Waals surface area contributed by atoms with Crippen molar-refractivity contribution in [1.29, 1.82) is 0 Å². The van der Waals surface area contributed by atoms with E-state index in [9.17, 15) is 0 Å². The van der Waals surface area contributed by atoms with Crippen molar-refractivity contribution in [3.63, 3.8) is 0 Å². The van der Waals surface area contributed by atoms with Crippen molar-refractivity contribution in [1.82, 2.24) is 15.0 Å². The van der Waals surface area contributed by atoms with Crippen molar-refractivity contribution >= 4 is 22.6 Å². The zero-order valence-corrected chi connectivity index (χ0v) is 5.35. The number of hydrogen-bond acceptors (Lipinski definition) is 3. The van der Waals surface area contributed by atoms with Gasteiger partial charge in [-0.15, -0.1) is 6.42 Å². The maximum Gasteiger partial charge on any atom is 0.268 e. The summed E-state index contributed by atoms with van der Waals surface area (Å²) < 4.78 is 2.11. The van der Waals surface area contributed by atoms with Crippen molar-refractivity contribution in [3.8, 4) is 12.3 Å². The molecule has 0 saturated carbocycles. The summed E-state index contributed by atoms with van der Waals surface area (Å²) in [5, 5.41) is 6.28. The van der Waals surface area contributed by atoms with Gasteiger partial charge < -0.3 is 15.0 Å². The minimum Gasteiger partial charge on any atom is -0.377 e. The normalized spacial score (nSPS) is 18.6. The summed E-state index contributed by atoms with van der Waals surface area (Å²) in [4.78, 5) is 0. The highest BCUT2D eigenvalue weighted by molar-refractivity contribution is 6.65. The van der Waals surface area contributed by atoms with Crippen LogP contribution in [0, 0.1) is 12.3 Å². The Morgan fingerprint density at radius 2 is 2.11 bits per heavy atom. The molecule has 0 radical (unpaired) electrons. The van der Waals surface area contributed by atoms with Crippen LogP contribution in [0.3, 0.4) is 0 Å². The first kappa shape index (κ1) is 6.75. The van der Waals surface area contributed by atoms with Crippen LogP contribution in [0.25, 0.3) is 0 Å². The molecule has 0 aromatic carbocycles. The Morgan fingerprint density at radius 1 is 1.44 bits per heavy atom. The third kappa shape index (κ3) is 2.14. The summed E-state index contributed by atoms with van der Waals surface area (Å²) in [7, 11) is 2.69. The van der Waals surface area contributed by atoms with Gasteiger partial charge in [-0.3, -0.25) is 0 Å². The lowest BCUT2D eigenvalue weighted by molar-refractivity contribution is 0.748. The molecule has 1 saturated heterocycles. The summed E-state index contributed by atoms with van der Waals surface area (Å²) in [6.07, 6.45) is 5.11. The number of terminal acetylenes is 1. The standard InChI is InChI=1S/C3H8B3N3/c1-2-3-9-5-7-4-8-6-9/h1,4-8H,3H2. The maximum absolute atomic E-state index is 5.11. The van der Waals surface area contributed by atoms with E-state index < -0.39 is 0 Å². The van der Waals surface area contributed by atoms with Gasteiger partial charge in [0.15, 0.2) is 0 Å². The maximum atomic E-state index is 5.11. The molecule has 0 amide bonds. The average Bonchev–Trinajstić information content (AvgIpc) is 1.91. The highest BCUT2D eigenvalue weighted by atomic mass is 15.1. The van der Waals surface area contributed by atoms with Gasteiger partial charge in [-0.25, -0.2) is 0 Å². The number of nitrogens with zero attached hydrogens (tertiary/aromatic N) is 1. The molecule has 0 unspecified atom stereocenters. The molecule has 0 aliphatic carbocycles. The van der Waals surface area contributed by atoms with Crippen LogP contribution in [-0.2, 0) is 0 Å². The molecule has 0 aromatic heterocycles. The minimum absolute atomic E-state index is 0.722. The Kier molecular flexibility index (Phi) is 2.72. The summed E-state index contributed by atoms with van der Waals surface area (Å²) in [6, 6.07) is 0. The lowest BCUT2D eigenvalue weighted by Gasteiger charge is -2.22. The van der Waals surface area contributed by atoms with Crippen LogP contribution in [-0.4, -0.2) is 33.9 Å². The van der Waals surface area contributed by atoms with E-state index in [2.05, 4.69) is 20.9 Å². The molecule has 44 valence electrons. The molecule has 9 heavy (non-hydrogen) atoms. The minimum atomic E-state index is 0.722. The van der Waals surface area contributed by atoms with Crippen LogP contribution in [0.4, 0.5) is 0 Å². The van der Waals surface area contributed by atoms with Gasteiger partial charge in [-0.1, -0.05) is 5.92 Å². The molecular formula is C3H8B3N3. The van der Waals surface area contributed by atoms with Gasteiger partial charge in [0.05, 0.1) is 0 Å². The summed E-state index contributed by atoms with van der Waals surface area (Å²) in [6.45, 7) is 0.722. The topological polar surface area (TPSA) is 27.3 Å². The number of rotatable bonds is 1. The van der Waals surface area contributed by atoms with Crippen LogP contribution in [0.2, 0.25) is 0 Å². The van der Waals surface area contributed by atoms with Crippen LogP contribution in [0.1, 0.15) is 0 Å². The van der Waals surface area contributed by atoms with E-state index in [0.717, 1.165) is 29.2 Å². The van der Waals surface area contributed by atoms with Crippen LogP contribution in [0.5, 0.6) is 0 Å². The predicted molar refractivity (Wildman–Crippen MR) is 43.3 cm³/mol. The van der Waals surface area contributed by atoms with Gasteiger partial charge in [0.25, 0.3) is 22.6 Å². The molecule has 0 aromatic rings. The molecule has 0 spiro atoms. The number of nitrogens with one attached hydrogen (secondary N) is 2. The average molecular weight is 119 g/mol. The Labute approximate surface area is 57.4 Å². The lowest BCUT2D eigenvalue weighted by Crippen LogP contribution is -2.57. The molecule has 6 heteroatoms. The van der Waals surface area contributed by atoms with Crippen molar-refractivity contribution in [2.24, 2.45) is 0 Å². The SMILES string of the molecule is C#CCN1BNBNB1. The molecular weight excluding hydrogens is 110 g/mol. The molecule has 1 heterocycles. The Morgan fingerprint density at radius 3 is 2.67 bits per heavy atom. The van der Waals surface area contributed by atoms with E-state index in [1.807, 2.05) is 0 Å². The molecule has 0 atom stereocenters. The van der Waals surface area contributed by atoms with E-state index in [0.29, 0.717) is 0 Å². The summed E-state index contributed by atoms with van der Waals surface area (Å²) in [5.41, 5.74) is 0. The van der Waals surface area contributed by atoms with Crippen molar-refractivity contribution in [2.75, 3.05) is 6.54 Å². The van der Waals surface area contributed by atoms with Crippen molar-refractivity contribution < 1.29 is 0 Å². The smallest absolute Gasteiger partial charge is 0.268 e. The van der Waals surface area contributed by atoms with E-state index in [-0.39, 0.29) is 0 Å². The van der Waals surface area contributed by atoms with E-state index >= 15 is 0 Å². The zero-order valence-electron chi connectivity index (χ0n) is 5.35. The first-order chi connectivity index (χ1) is 4.43. The molecule has 1 aliphatic heterocycles. The quantitative estimate of drug-likeness (QED) is 0.283. The molecule has 2 N–H and O–H groups in total. The van der Waals surface area contributed by atoms with Gasteiger partial charge in [0, 0.05) is 6.54 Å². The number of hydrogen-bond donors (Lipinski definition) is 2. The molecule has 1 aliphatic rings. The van der Waals surface area contributed by atoms with Crippen molar-refractivity contribution in [3.05, 3.63) is 0 Å². The van der Waals surface area contributed by atoms with E-state index in [4.69, 9.17) is 6.42 Å². The van der Waals surface area contributed by atoms with Crippen LogP contribution >= 0.6 is 0 Å². The zero-order chi connectivity index (χ0) is 6.53. The van der Waals surface area contributed by atoms with Crippen LogP contribution in [0.15, 0.2) is 0 Å². The van der Waals surface area contributed by atoms with Gasteiger partial charge in [-0.2, -0.15) is 0 Å².